The zero-order valence-electron chi connectivity index (χ0n) is 15.7. The van der Waals surface area contributed by atoms with Gasteiger partial charge in [-0.25, -0.2) is 0 Å². The Morgan fingerprint density at radius 3 is 2.88 bits per heavy atom. The highest BCUT2D eigenvalue weighted by Gasteiger charge is 2.27. The molecule has 0 bridgehead atoms. The van der Waals surface area contributed by atoms with E-state index in [1.165, 1.54) is 0 Å². The topological polar surface area (TPSA) is 70.7 Å². The van der Waals surface area contributed by atoms with Crippen molar-refractivity contribution in [2.45, 2.75) is 38.6 Å². The Bertz CT molecular complexity index is 656. The van der Waals surface area contributed by atoms with Crippen LogP contribution in [-0.4, -0.2) is 56.0 Å². The second kappa shape index (κ2) is 8.54. The lowest BCUT2D eigenvalue weighted by Crippen LogP contribution is -2.46. The maximum Gasteiger partial charge on any atom is 0.253 e. The summed E-state index contributed by atoms with van der Waals surface area (Å²) < 4.78 is 5.33. The Morgan fingerprint density at radius 1 is 1.31 bits per heavy atom. The van der Waals surface area contributed by atoms with Crippen LogP contribution < -0.4 is 15.4 Å². The molecule has 6 nitrogen and oxygen atoms in total. The first-order valence-corrected chi connectivity index (χ1v) is 9.53. The lowest BCUT2D eigenvalue weighted by atomic mass is 9.97. The van der Waals surface area contributed by atoms with Crippen LogP contribution in [0, 0.1) is 12.8 Å². The normalized spacial score (nSPS) is 22.9. The first-order chi connectivity index (χ1) is 12.6. The second-order valence-electron chi connectivity index (χ2n) is 7.34. The van der Waals surface area contributed by atoms with Crippen molar-refractivity contribution in [1.82, 2.24) is 15.5 Å². The molecule has 0 radical (unpaired) electrons. The largest absolute Gasteiger partial charge is 0.496 e. The van der Waals surface area contributed by atoms with Crippen molar-refractivity contribution in [2.24, 2.45) is 5.92 Å². The fourth-order valence-corrected chi connectivity index (χ4v) is 3.83. The third kappa shape index (κ3) is 4.36. The molecule has 2 heterocycles. The minimum atomic E-state index is -0.0450. The van der Waals surface area contributed by atoms with Crippen molar-refractivity contribution in [3.05, 3.63) is 29.3 Å². The molecule has 0 aromatic heterocycles. The summed E-state index contributed by atoms with van der Waals surface area (Å²) >= 11 is 0. The molecular weight excluding hydrogens is 330 g/mol. The highest BCUT2D eigenvalue weighted by molar-refractivity contribution is 5.94. The first-order valence-electron chi connectivity index (χ1n) is 9.53. The van der Waals surface area contributed by atoms with E-state index in [0.29, 0.717) is 24.6 Å². The number of hydrogen-bond acceptors (Lipinski definition) is 4. The number of carbonyl (C=O) groups excluding carboxylic acids is 2. The highest BCUT2D eigenvalue weighted by atomic mass is 16.5. The van der Waals surface area contributed by atoms with E-state index in [0.717, 1.165) is 50.1 Å². The number of rotatable bonds is 5. The van der Waals surface area contributed by atoms with Crippen LogP contribution in [0.3, 0.4) is 0 Å². The number of methoxy groups -OCH3 is 1. The average molecular weight is 359 g/mol. The van der Waals surface area contributed by atoms with Gasteiger partial charge < -0.3 is 20.3 Å². The number of nitrogens with zero attached hydrogens (tertiary/aromatic N) is 1. The van der Waals surface area contributed by atoms with Gasteiger partial charge in [-0.3, -0.25) is 9.59 Å². The summed E-state index contributed by atoms with van der Waals surface area (Å²) in [4.78, 5) is 26.9. The zero-order valence-corrected chi connectivity index (χ0v) is 15.7. The van der Waals surface area contributed by atoms with E-state index >= 15 is 0 Å². The third-order valence-corrected chi connectivity index (χ3v) is 5.40. The Hall–Kier alpha value is -2.08. The number of ether oxygens (including phenoxy) is 1. The number of amides is 2. The summed E-state index contributed by atoms with van der Waals surface area (Å²) in [6.45, 7) is 4.98. The van der Waals surface area contributed by atoms with Gasteiger partial charge in [-0.15, -0.1) is 0 Å². The van der Waals surface area contributed by atoms with Crippen molar-refractivity contribution in [1.29, 1.82) is 0 Å². The van der Waals surface area contributed by atoms with E-state index in [2.05, 4.69) is 10.6 Å². The number of benzene rings is 1. The van der Waals surface area contributed by atoms with Gasteiger partial charge in [-0.05, 0) is 62.8 Å². The molecule has 2 fully saturated rings. The summed E-state index contributed by atoms with van der Waals surface area (Å²) in [7, 11) is 1.62. The molecule has 3 rings (SSSR count). The van der Waals surface area contributed by atoms with Crippen LogP contribution in [0.5, 0.6) is 5.75 Å². The minimum absolute atomic E-state index is 0.0387. The molecule has 2 N–H and O–H groups in total. The second-order valence-corrected chi connectivity index (χ2v) is 7.34. The minimum Gasteiger partial charge on any atom is -0.496 e. The van der Waals surface area contributed by atoms with E-state index in [1.807, 2.05) is 30.0 Å². The third-order valence-electron chi connectivity index (χ3n) is 5.40. The van der Waals surface area contributed by atoms with Crippen LogP contribution in [0.4, 0.5) is 0 Å². The molecule has 2 amide bonds. The van der Waals surface area contributed by atoms with Gasteiger partial charge in [0.2, 0.25) is 5.91 Å². The highest BCUT2D eigenvalue weighted by Crippen LogP contribution is 2.23. The predicted molar refractivity (Wildman–Crippen MR) is 100 cm³/mol. The molecule has 6 heteroatoms. The fourth-order valence-electron chi connectivity index (χ4n) is 3.83. The lowest BCUT2D eigenvalue weighted by molar-refractivity contribution is -0.123. The fraction of sp³-hybridized carbons (Fsp3) is 0.600. The van der Waals surface area contributed by atoms with Gasteiger partial charge in [0.25, 0.3) is 5.91 Å². The summed E-state index contributed by atoms with van der Waals surface area (Å²) in [5, 5.41) is 6.28. The van der Waals surface area contributed by atoms with Crippen LogP contribution in [0.1, 0.15) is 41.6 Å². The molecule has 0 spiro atoms. The molecule has 1 aromatic carbocycles. The number of hydrogen-bond donors (Lipinski definition) is 2. The van der Waals surface area contributed by atoms with E-state index in [1.54, 1.807) is 7.11 Å². The molecule has 2 aliphatic rings. The number of carbonyl (C=O) groups is 2. The average Bonchev–Trinajstić information content (AvgIpc) is 3.21. The van der Waals surface area contributed by atoms with Gasteiger partial charge in [0.05, 0.1) is 13.2 Å². The van der Waals surface area contributed by atoms with Crippen LogP contribution in [0.15, 0.2) is 18.2 Å². The van der Waals surface area contributed by atoms with Crippen molar-refractivity contribution in [3.63, 3.8) is 0 Å². The molecule has 142 valence electrons. The molecule has 0 aliphatic carbocycles. The van der Waals surface area contributed by atoms with Crippen molar-refractivity contribution in [3.8, 4) is 5.75 Å². The monoisotopic (exact) mass is 359 g/mol. The molecule has 2 saturated heterocycles. The number of likely N-dealkylation sites (tertiary alicyclic amines) is 1. The summed E-state index contributed by atoms with van der Waals surface area (Å²) in [5.74, 6) is 1.18. The van der Waals surface area contributed by atoms with Gasteiger partial charge in [-0.2, -0.15) is 0 Å². The SMILES string of the molecule is COc1cc(C(=O)N2CCCC(CNC(=O)C3CCCN3)C2)ccc1C. The molecule has 2 unspecified atom stereocenters. The van der Waals surface area contributed by atoms with Crippen molar-refractivity contribution < 1.29 is 14.3 Å². The summed E-state index contributed by atoms with van der Waals surface area (Å²) in [5.41, 5.74) is 1.68. The van der Waals surface area contributed by atoms with Gasteiger partial charge in [-0.1, -0.05) is 6.07 Å². The first kappa shape index (κ1) is 18.7. The van der Waals surface area contributed by atoms with Crippen LogP contribution in [0.2, 0.25) is 0 Å². The Kier molecular flexibility index (Phi) is 6.14. The smallest absolute Gasteiger partial charge is 0.253 e. The van der Waals surface area contributed by atoms with Crippen LogP contribution >= 0.6 is 0 Å². The Morgan fingerprint density at radius 2 is 2.15 bits per heavy atom. The molecule has 2 aliphatic heterocycles. The van der Waals surface area contributed by atoms with Gasteiger partial charge in [0.15, 0.2) is 0 Å². The molecule has 1 aromatic rings. The molecule has 26 heavy (non-hydrogen) atoms. The maximum absolute atomic E-state index is 12.8. The van der Waals surface area contributed by atoms with Gasteiger partial charge in [0.1, 0.15) is 5.75 Å². The zero-order chi connectivity index (χ0) is 18.5. The summed E-state index contributed by atoms with van der Waals surface area (Å²) in [6, 6.07) is 5.55. The maximum atomic E-state index is 12.8. The van der Waals surface area contributed by atoms with E-state index < -0.39 is 0 Å². The predicted octanol–water partition coefficient (Wildman–Crippen LogP) is 1.72. The number of aryl methyl sites for hydroxylation is 1. The van der Waals surface area contributed by atoms with Crippen LogP contribution in [0.25, 0.3) is 0 Å². The number of nitrogens with one attached hydrogen (secondary N) is 2. The quantitative estimate of drug-likeness (QED) is 0.840. The van der Waals surface area contributed by atoms with Gasteiger partial charge >= 0.3 is 0 Å². The lowest BCUT2D eigenvalue weighted by Gasteiger charge is -2.33. The number of piperidine rings is 1. The van der Waals surface area contributed by atoms with Crippen LogP contribution in [-0.2, 0) is 4.79 Å². The van der Waals surface area contributed by atoms with E-state index in [9.17, 15) is 9.59 Å². The summed E-state index contributed by atoms with van der Waals surface area (Å²) in [6.07, 6.45) is 3.98. The standard InChI is InChI=1S/C20H29N3O3/c1-14-7-8-16(11-18(14)26-2)20(25)23-10-4-5-15(13-23)12-22-19(24)17-6-3-9-21-17/h7-8,11,15,17,21H,3-6,9-10,12-13H2,1-2H3,(H,22,24). The van der Waals surface area contributed by atoms with Crippen molar-refractivity contribution >= 4 is 11.8 Å². The van der Waals surface area contributed by atoms with Gasteiger partial charge in [0, 0.05) is 25.2 Å². The molecule has 2 atom stereocenters. The Labute approximate surface area is 155 Å². The van der Waals surface area contributed by atoms with E-state index in [-0.39, 0.29) is 17.9 Å². The molecular formula is C20H29N3O3. The Balaban J connectivity index is 1.55. The van der Waals surface area contributed by atoms with Crippen molar-refractivity contribution in [2.75, 3.05) is 33.3 Å². The molecule has 0 saturated carbocycles. The van der Waals surface area contributed by atoms with E-state index in [4.69, 9.17) is 4.74 Å².